The van der Waals surface area contributed by atoms with E-state index >= 15 is 0 Å². The third-order valence-electron chi connectivity index (χ3n) is 4.80. The van der Waals surface area contributed by atoms with Gasteiger partial charge in [0.25, 0.3) is 0 Å². The molecule has 1 aliphatic rings. The van der Waals surface area contributed by atoms with Crippen LogP contribution in [-0.4, -0.2) is 0 Å². The third kappa shape index (κ3) is 1.78. The molecule has 3 atom stereocenters. The Balaban J connectivity index is 2.67. The maximum atomic E-state index is 2.44. The third-order valence-corrected chi connectivity index (χ3v) is 4.80. The van der Waals surface area contributed by atoms with Crippen molar-refractivity contribution in [3.05, 3.63) is 0 Å². The molecule has 0 aliphatic heterocycles. The van der Waals surface area contributed by atoms with Crippen LogP contribution in [0.5, 0.6) is 0 Å². The Labute approximate surface area is 84.1 Å². The first kappa shape index (κ1) is 11.1. The molecular formula is C13H26. The van der Waals surface area contributed by atoms with Gasteiger partial charge in [0, 0.05) is 0 Å². The van der Waals surface area contributed by atoms with Gasteiger partial charge in [0.05, 0.1) is 0 Å². The zero-order chi connectivity index (χ0) is 10.4. The molecule has 1 saturated carbocycles. The van der Waals surface area contributed by atoms with Crippen LogP contribution < -0.4 is 0 Å². The van der Waals surface area contributed by atoms with Gasteiger partial charge >= 0.3 is 0 Å². The van der Waals surface area contributed by atoms with E-state index in [0.717, 1.165) is 17.8 Å². The van der Waals surface area contributed by atoms with Crippen LogP contribution in [-0.2, 0) is 0 Å². The normalized spacial score (nSPS) is 35.3. The van der Waals surface area contributed by atoms with Crippen molar-refractivity contribution in [2.24, 2.45) is 28.6 Å². The van der Waals surface area contributed by atoms with Crippen LogP contribution in [0.4, 0.5) is 0 Å². The van der Waals surface area contributed by atoms with Gasteiger partial charge in [0.2, 0.25) is 0 Å². The lowest BCUT2D eigenvalue weighted by atomic mass is 9.49. The highest BCUT2D eigenvalue weighted by Gasteiger charge is 2.49. The van der Waals surface area contributed by atoms with Gasteiger partial charge in [-0.3, -0.25) is 0 Å². The van der Waals surface area contributed by atoms with E-state index in [1.165, 1.54) is 6.42 Å². The zero-order valence-electron chi connectivity index (χ0n) is 10.4. The molecule has 0 bridgehead atoms. The van der Waals surface area contributed by atoms with Crippen LogP contribution in [0.2, 0.25) is 0 Å². The standard InChI is InChI=1S/C13H26/c1-9-8-11(13(9,6)7)10(2)12(3,4)5/h9-11H,8H2,1-7H3. The van der Waals surface area contributed by atoms with E-state index in [0.29, 0.717) is 10.8 Å². The number of hydrogen-bond acceptors (Lipinski definition) is 0. The Hall–Kier alpha value is 0. The minimum atomic E-state index is 0.474. The van der Waals surface area contributed by atoms with Crippen LogP contribution in [0.1, 0.15) is 54.9 Å². The first-order valence-corrected chi connectivity index (χ1v) is 5.67. The van der Waals surface area contributed by atoms with Gasteiger partial charge in [-0.05, 0) is 35.0 Å². The summed E-state index contributed by atoms with van der Waals surface area (Å²) in [5.41, 5.74) is 1.05. The molecule has 1 aliphatic carbocycles. The summed E-state index contributed by atoms with van der Waals surface area (Å²) in [5.74, 6) is 2.70. The predicted octanol–water partition coefficient (Wildman–Crippen LogP) is 4.35. The molecule has 0 aromatic rings. The second-order valence-electron chi connectivity index (χ2n) is 6.72. The second kappa shape index (κ2) is 3.00. The van der Waals surface area contributed by atoms with Crippen LogP contribution in [0.15, 0.2) is 0 Å². The Morgan fingerprint density at radius 3 is 1.92 bits per heavy atom. The van der Waals surface area contributed by atoms with Crippen molar-refractivity contribution in [2.75, 3.05) is 0 Å². The number of hydrogen-bond donors (Lipinski definition) is 0. The molecule has 0 N–H and O–H groups in total. The molecule has 0 radical (unpaired) electrons. The Morgan fingerprint density at radius 1 is 1.23 bits per heavy atom. The summed E-state index contributed by atoms with van der Waals surface area (Å²) in [5, 5.41) is 0. The first-order valence-electron chi connectivity index (χ1n) is 5.67. The van der Waals surface area contributed by atoms with Crippen LogP contribution in [0, 0.1) is 28.6 Å². The molecule has 0 spiro atoms. The second-order valence-corrected chi connectivity index (χ2v) is 6.72. The molecule has 0 aromatic carbocycles. The van der Waals surface area contributed by atoms with E-state index in [9.17, 15) is 0 Å². The minimum Gasteiger partial charge on any atom is -0.0620 e. The van der Waals surface area contributed by atoms with Crippen molar-refractivity contribution in [3.63, 3.8) is 0 Å². The highest BCUT2D eigenvalue weighted by atomic mass is 14.5. The van der Waals surface area contributed by atoms with Gasteiger partial charge in [-0.15, -0.1) is 0 Å². The molecule has 0 amide bonds. The van der Waals surface area contributed by atoms with Crippen molar-refractivity contribution < 1.29 is 0 Å². The fraction of sp³-hybridized carbons (Fsp3) is 1.00. The van der Waals surface area contributed by atoms with Crippen molar-refractivity contribution in [3.8, 4) is 0 Å². The average Bonchev–Trinajstić information content (AvgIpc) is 1.97. The van der Waals surface area contributed by atoms with Gasteiger partial charge in [-0.1, -0.05) is 48.5 Å². The molecule has 13 heavy (non-hydrogen) atoms. The summed E-state index contributed by atoms with van der Waals surface area (Å²) in [6.07, 6.45) is 1.44. The van der Waals surface area contributed by atoms with Crippen molar-refractivity contribution >= 4 is 0 Å². The molecule has 0 heterocycles. The van der Waals surface area contributed by atoms with E-state index in [4.69, 9.17) is 0 Å². The minimum absolute atomic E-state index is 0.474. The zero-order valence-corrected chi connectivity index (χ0v) is 10.4. The molecule has 1 rings (SSSR count). The maximum absolute atomic E-state index is 2.44. The predicted molar refractivity (Wildman–Crippen MR) is 59.7 cm³/mol. The van der Waals surface area contributed by atoms with Crippen LogP contribution in [0.25, 0.3) is 0 Å². The first-order chi connectivity index (χ1) is 5.67. The smallest absolute Gasteiger partial charge is 0.0297 e. The van der Waals surface area contributed by atoms with Crippen molar-refractivity contribution in [1.29, 1.82) is 0 Å². The van der Waals surface area contributed by atoms with Gasteiger partial charge < -0.3 is 0 Å². The monoisotopic (exact) mass is 182 g/mol. The molecule has 0 heteroatoms. The molecular weight excluding hydrogens is 156 g/mol. The summed E-state index contributed by atoms with van der Waals surface area (Å²) in [6, 6.07) is 0. The topological polar surface area (TPSA) is 0 Å². The van der Waals surface area contributed by atoms with Gasteiger partial charge in [-0.25, -0.2) is 0 Å². The Bertz CT molecular complexity index is 183. The molecule has 78 valence electrons. The lowest BCUT2D eigenvalue weighted by Crippen LogP contribution is -2.49. The summed E-state index contributed by atoms with van der Waals surface area (Å²) in [7, 11) is 0. The molecule has 0 saturated heterocycles. The fourth-order valence-corrected chi connectivity index (χ4v) is 2.65. The highest BCUT2D eigenvalue weighted by Crippen LogP contribution is 2.57. The summed E-state index contributed by atoms with van der Waals surface area (Å²) in [6.45, 7) is 16.8. The molecule has 1 fully saturated rings. The number of rotatable bonds is 1. The summed E-state index contributed by atoms with van der Waals surface area (Å²) in [4.78, 5) is 0. The van der Waals surface area contributed by atoms with Gasteiger partial charge in [-0.2, -0.15) is 0 Å². The van der Waals surface area contributed by atoms with Gasteiger partial charge in [0.15, 0.2) is 0 Å². The Kier molecular flexibility index (Phi) is 2.56. The molecule has 0 nitrogen and oxygen atoms in total. The lowest BCUT2D eigenvalue weighted by Gasteiger charge is -2.56. The largest absolute Gasteiger partial charge is 0.0620 e. The lowest BCUT2D eigenvalue weighted by molar-refractivity contribution is -0.0715. The summed E-state index contributed by atoms with van der Waals surface area (Å²) >= 11 is 0. The fourth-order valence-electron chi connectivity index (χ4n) is 2.65. The SMILES string of the molecule is CC(C1CC(C)C1(C)C)C(C)(C)C. The summed E-state index contributed by atoms with van der Waals surface area (Å²) < 4.78 is 0. The molecule has 0 aromatic heterocycles. The highest BCUT2D eigenvalue weighted by molar-refractivity contribution is 4.98. The van der Waals surface area contributed by atoms with E-state index in [-0.39, 0.29) is 0 Å². The van der Waals surface area contributed by atoms with E-state index < -0.39 is 0 Å². The van der Waals surface area contributed by atoms with Crippen molar-refractivity contribution in [2.45, 2.75) is 54.9 Å². The van der Waals surface area contributed by atoms with E-state index in [1.54, 1.807) is 0 Å². The Morgan fingerprint density at radius 2 is 1.69 bits per heavy atom. The van der Waals surface area contributed by atoms with E-state index in [2.05, 4.69) is 48.5 Å². The van der Waals surface area contributed by atoms with Gasteiger partial charge in [0.1, 0.15) is 0 Å². The van der Waals surface area contributed by atoms with Crippen molar-refractivity contribution in [1.82, 2.24) is 0 Å². The quantitative estimate of drug-likeness (QED) is 0.565. The van der Waals surface area contributed by atoms with Crippen LogP contribution in [0.3, 0.4) is 0 Å². The van der Waals surface area contributed by atoms with Crippen LogP contribution >= 0.6 is 0 Å². The van der Waals surface area contributed by atoms with E-state index in [1.807, 2.05) is 0 Å². The maximum Gasteiger partial charge on any atom is -0.0297 e. The average molecular weight is 182 g/mol. The molecule has 3 unspecified atom stereocenters.